The summed E-state index contributed by atoms with van der Waals surface area (Å²) in [7, 11) is 0. The summed E-state index contributed by atoms with van der Waals surface area (Å²) in [5, 5.41) is 13.6. The van der Waals surface area contributed by atoms with Gasteiger partial charge in [-0.15, -0.1) is 0 Å². The maximum atomic E-state index is 3.90. The quantitative estimate of drug-likeness (QED) is 0.558. The lowest BCUT2D eigenvalue weighted by molar-refractivity contribution is 0.555. The normalized spacial score (nSPS) is 11.1. The van der Waals surface area contributed by atoms with Gasteiger partial charge in [0.05, 0.1) is 0 Å². The van der Waals surface area contributed by atoms with Gasteiger partial charge in [0.15, 0.2) is 0 Å². The average Bonchev–Trinajstić information content (AvgIpc) is 2.63. The van der Waals surface area contributed by atoms with Gasteiger partial charge in [-0.2, -0.15) is 5.10 Å². The Bertz CT molecular complexity index is 218. The van der Waals surface area contributed by atoms with Gasteiger partial charge in [-0.1, -0.05) is 13.8 Å². The van der Waals surface area contributed by atoms with Gasteiger partial charge >= 0.3 is 0 Å². The molecule has 4 heteroatoms. The van der Waals surface area contributed by atoms with Crippen LogP contribution in [0.15, 0.2) is 12.3 Å². The molecule has 0 radical (unpaired) electrons. The monoisotopic (exact) mass is 196 g/mol. The van der Waals surface area contributed by atoms with Gasteiger partial charge in [-0.05, 0) is 6.07 Å². The molecule has 0 saturated carbocycles. The molecule has 0 bridgehead atoms. The molecular weight excluding hydrogens is 176 g/mol. The lowest BCUT2D eigenvalue weighted by Gasteiger charge is -2.08. The Hall–Kier alpha value is -0.870. The minimum atomic E-state index is 0.574. The Kier molecular flexibility index (Phi) is 5.25. The summed E-state index contributed by atoms with van der Waals surface area (Å²) in [4.78, 5) is 0. The summed E-state index contributed by atoms with van der Waals surface area (Å²) >= 11 is 0. The van der Waals surface area contributed by atoms with Gasteiger partial charge in [0.2, 0.25) is 0 Å². The predicted molar refractivity (Wildman–Crippen MR) is 58.3 cm³/mol. The topological polar surface area (TPSA) is 52.7 Å². The van der Waals surface area contributed by atoms with Crippen LogP contribution in [0.5, 0.6) is 0 Å². The number of hydrogen-bond donors (Lipinski definition) is 3. The number of nitrogens with one attached hydrogen (secondary N) is 3. The van der Waals surface area contributed by atoms with Crippen LogP contribution in [-0.4, -0.2) is 35.9 Å². The van der Waals surface area contributed by atoms with Crippen LogP contribution in [0, 0.1) is 0 Å². The van der Waals surface area contributed by atoms with E-state index in [1.807, 2.05) is 6.07 Å². The molecule has 0 aromatic carbocycles. The van der Waals surface area contributed by atoms with Crippen molar-refractivity contribution in [3.63, 3.8) is 0 Å². The van der Waals surface area contributed by atoms with E-state index in [1.165, 1.54) is 5.69 Å². The molecule has 0 saturated heterocycles. The number of hydrogen-bond acceptors (Lipinski definition) is 3. The van der Waals surface area contributed by atoms with Crippen molar-refractivity contribution in [1.29, 1.82) is 0 Å². The molecule has 0 aliphatic heterocycles. The first-order valence-electron chi connectivity index (χ1n) is 5.21. The summed E-state index contributed by atoms with van der Waals surface area (Å²) in [6.45, 7) is 7.37. The Balaban J connectivity index is 1.90. The van der Waals surface area contributed by atoms with Crippen molar-refractivity contribution >= 4 is 0 Å². The Labute approximate surface area is 85.5 Å². The molecule has 0 aliphatic rings. The number of rotatable bonds is 7. The molecule has 80 valence electrons. The molecule has 1 rings (SSSR count). The lowest BCUT2D eigenvalue weighted by Crippen LogP contribution is -2.32. The molecule has 4 nitrogen and oxygen atoms in total. The average molecular weight is 196 g/mol. The van der Waals surface area contributed by atoms with Gasteiger partial charge in [0.1, 0.15) is 0 Å². The zero-order chi connectivity index (χ0) is 10.2. The van der Waals surface area contributed by atoms with Gasteiger partial charge in [0.25, 0.3) is 0 Å². The predicted octanol–water partition coefficient (Wildman–Crippen LogP) is 0.540. The number of aromatic amines is 1. The first kappa shape index (κ1) is 11.2. The third kappa shape index (κ3) is 4.99. The van der Waals surface area contributed by atoms with E-state index >= 15 is 0 Å². The first-order valence-corrected chi connectivity index (χ1v) is 5.21. The van der Waals surface area contributed by atoms with Crippen LogP contribution in [0.4, 0.5) is 0 Å². The van der Waals surface area contributed by atoms with E-state index in [4.69, 9.17) is 0 Å². The van der Waals surface area contributed by atoms with Gasteiger partial charge in [-0.3, -0.25) is 5.10 Å². The highest BCUT2D eigenvalue weighted by molar-refractivity contribution is 4.97. The van der Waals surface area contributed by atoms with Gasteiger partial charge in [-0.25, -0.2) is 0 Å². The zero-order valence-corrected chi connectivity index (χ0v) is 9.01. The molecule has 14 heavy (non-hydrogen) atoms. The number of aromatic nitrogens is 2. The standard InChI is InChI=1S/C10H20N4/c1-9(2)12-8-7-11-5-3-10-4-6-13-14-10/h4,6,9,11-12H,3,5,7-8H2,1-2H3,(H,13,14). The van der Waals surface area contributed by atoms with E-state index in [0.717, 1.165) is 26.1 Å². The van der Waals surface area contributed by atoms with Crippen molar-refractivity contribution in [1.82, 2.24) is 20.8 Å². The summed E-state index contributed by atoms with van der Waals surface area (Å²) in [5.74, 6) is 0. The van der Waals surface area contributed by atoms with Crippen molar-refractivity contribution < 1.29 is 0 Å². The molecule has 1 aromatic heterocycles. The van der Waals surface area contributed by atoms with Crippen LogP contribution in [0.2, 0.25) is 0 Å². The van der Waals surface area contributed by atoms with E-state index in [2.05, 4.69) is 34.7 Å². The summed E-state index contributed by atoms with van der Waals surface area (Å²) in [6.07, 6.45) is 2.80. The fourth-order valence-corrected chi connectivity index (χ4v) is 1.22. The van der Waals surface area contributed by atoms with E-state index in [1.54, 1.807) is 6.20 Å². The second kappa shape index (κ2) is 6.56. The molecule has 0 unspecified atom stereocenters. The number of nitrogens with zero attached hydrogens (tertiary/aromatic N) is 1. The second-order valence-corrected chi connectivity index (χ2v) is 3.69. The van der Waals surface area contributed by atoms with Crippen LogP contribution in [0.1, 0.15) is 19.5 Å². The van der Waals surface area contributed by atoms with Crippen LogP contribution >= 0.6 is 0 Å². The molecule has 0 aliphatic carbocycles. The fraction of sp³-hybridized carbons (Fsp3) is 0.700. The molecule has 0 atom stereocenters. The Morgan fingerprint density at radius 2 is 2.21 bits per heavy atom. The van der Waals surface area contributed by atoms with E-state index in [9.17, 15) is 0 Å². The summed E-state index contributed by atoms with van der Waals surface area (Å²) in [6, 6.07) is 2.58. The van der Waals surface area contributed by atoms with Gasteiger partial charge in [0, 0.05) is 44.0 Å². The smallest absolute Gasteiger partial charge is 0.0490 e. The maximum absolute atomic E-state index is 3.90. The Morgan fingerprint density at radius 1 is 1.36 bits per heavy atom. The van der Waals surface area contributed by atoms with E-state index in [-0.39, 0.29) is 0 Å². The summed E-state index contributed by atoms with van der Waals surface area (Å²) in [5.41, 5.74) is 1.19. The maximum Gasteiger partial charge on any atom is 0.0490 e. The van der Waals surface area contributed by atoms with Gasteiger partial charge < -0.3 is 10.6 Å². The molecular formula is C10H20N4. The van der Waals surface area contributed by atoms with Crippen molar-refractivity contribution in [2.45, 2.75) is 26.3 Å². The van der Waals surface area contributed by atoms with Crippen LogP contribution in [0.25, 0.3) is 0 Å². The fourth-order valence-electron chi connectivity index (χ4n) is 1.22. The second-order valence-electron chi connectivity index (χ2n) is 3.69. The van der Waals surface area contributed by atoms with E-state index in [0.29, 0.717) is 6.04 Å². The van der Waals surface area contributed by atoms with Crippen LogP contribution in [0.3, 0.4) is 0 Å². The Morgan fingerprint density at radius 3 is 2.86 bits per heavy atom. The molecule has 0 fully saturated rings. The highest BCUT2D eigenvalue weighted by Crippen LogP contribution is 1.90. The number of H-pyrrole nitrogens is 1. The van der Waals surface area contributed by atoms with Crippen LogP contribution in [-0.2, 0) is 6.42 Å². The van der Waals surface area contributed by atoms with Crippen molar-refractivity contribution in [3.05, 3.63) is 18.0 Å². The highest BCUT2D eigenvalue weighted by atomic mass is 15.1. The van der Waals surface area contributed by atoms with Crippen molar-refractivity contribution in [3.8, 4) is 0 Å². The minimum absolute atomic E-state index is 0.574. The molecule has 1 aromatic rings. The van der Waals surface area contributed by atoms with Crippen LogP contribution < -0.4 is 10.6 Å². The third-order valence-corrected chi connectivity index (χ3v) is 1.98. The highest BCUT2D eigenvalue weighted by Gasteiger charge is 1.93. The molecule has 0 spiro atoms. The van der Waals surface area contributed by atoms with Crippen molar-refractivity contribution in [2.24, 2.45) is 0 Å². The van der Waals surface area contributed by atoms with Crippen molar-refractivity contribution in [2.75, 3.05) is 19.6 Å². The lowest BCUT2D eigenvalue weighted by atomic mass is 10.3. The van der Waals surface area contributed by atoms with E-state index < -0.39 is 0 Å². The third-order valence-electron chi connectivity index (χ3n) is 1.98. The zero-order valence-electron chi connectivity index (χ0n) is 9.01. The molecule has 1 heterocycles. The molecule has 3 N–H and O–H groups in total. The largest absolute Gasteiger partial charge is 0.315 e. The summed E-state index contributed by atoms with van der Waals surface area (Å²) < 4.78 is 0. The minimum Gasteiger partial charge on any atom is -0.315 e. The molecule has 0 amide bonds. The SMILES string of the molecule is CC(C)NCCNCCc1ccn[nH]1. The first-order chi connectivity index (χ1) is 6.79.